The van der Waals surface area contributed by atoms with Crippen LogP contribution in [-0.2, 0) is 0 Å². The molecule has 1 heterocycles. The predicted octanol–water partition coefficient (Wildman–Crippen LogP) is 2.32. The quantitative estimate of drug-likeness (QED) is 0.618. The Hall–Kier alpha value is -1.85. The molecule has 0 saturated heterocycles. The summed E-state index contributed by atoms with van der Waals surface area (Å²) in [5.41, 5.74) is 5.59. The van der Waals surface area contributed by atoms with Crippen molar-refractivity contribution in [1.82, 2.24) is 4.98 Å². The number of nitrogens with one attached hydrogen (secondary N) is 1. The number of hydrogen-bond acceptors (Lipinski definition) is 5. The van der Waals surface area contributed by atoms with Crippen molar-refractivity contribution in [3.8, 4) is 0 Å². The van der Waals surface area contributed by atoms with E-state index in [4.69, 9.17) is 5.73 Å². The fraction of sp³-hybridized carbons (Fsp3) is 0.545. The highest BCUT2D eigenvalue weighted by molar-refractivity contribution is 5.54. The SMILES string of the molecule is CCC1(Nc2cc([N+](=O)[O-])cc(N)n2)CCC1. The zero-order valence-electron chi connectivity index (χ0n) is 9.77. The largest absolute Gasteiger partial charge is 0.383 e. The second kappa shape index (κ2) is 4.20. The van der Waals surface area contributed by atoms with Crippen molar-refractivity contribution in [2.75, 3.05) is 11.1 Å². The number of nitrogens with zero attached hydrogens (tertiary/aromatic N) is 2. The normalized spacial score (nSPS) is 17.2. The summed E-state index contributed by atoms with van der Waals surface area (Å²) in [5, 5.41) is 14.0. The molecular weight excluding hydrogens is 220 g/mol. The van der Waals surface area contributed by atoms with Crippen molar-refractivity contribution in [2.24, 2.45) is 0 Å². The van der Waals surface area contributed by atoms with Gasteiger partial charge in [0.25, 0.3) is 5.69 Å². The summed E-state index contributed by atoms with van der Waals surface area (Å²) in [7, 11) is 0. The highest BCUT2D eigenvalue weighted by atomic mass is 16.6. The van der Waals surface area contributed by atoms with Crippen LogP contribution >= 0.6 is 0 Å². The minimum Gasteiger partial charge on any atom is -0.383 e. The molecule has 3 N–H and O–H groups in total. The zero-order valence-corrected chi connectivity index (χ0v) is 9.77. The van der Waals surface area contributed by atoms with E-state index in [2.05, 4.69) is 17.2 Å². The van der Waals surface area contributed by atoms with Crippen molar-refractivity contribution in [3.05, 3.63) is 22.2 Å². The molecule has 0 atom stereocenters. The van der Waals surface area contributed by atoms with E-state index in [1.165, 1.54) is 18.6 Å². The van der Waals surface area contributed by atoms with Crippen molar-refractivity contribution in [2.45, 2.75) is 38.1 Å². The lowest BCUT2D eigenvalue weighted by molar-refractivity contribution is -0.384. The Morgan fingerprint density at radius 1 is 1.59 bits per heavy atom. The van der Waals surface area contributed by atoms with Gasteiger partial charge in [-0.2, -0.15) is 0 Å². The lowest BCUT2D eigenvalue weighted by Crippen LogP contribution is -2.44. The molecule has 0 aliphatic heterocycles. The Morgan fingerprint density at radius 2 is 2.29 bits per heavy atom. The van der Waals surface area contributed by atoms with E-state index in [1.54, 1.807) is 0 Å². The Labute approximate surface area is 99.4 Å². The van der Waals surface area contributed by atoms with Gasteiger partial charge in [-0.1, -0.05) is 6.92 Å². The van der Waals surface area contributed by atoms with Crippen LogP contribution in [0.1, 0.15) is 32.6 Å². The van der Waals surface area contributed by atoms with Crippen molar-refractivity contribution in [3.63, 3.8) is 0 Å². The summed E-state index contributed by atoms with van der Waals surface area (Å²) in [6, 6.07) is 2.71. The summed E-state index contributed by atoms with van der Waals surface area (Å²) in [6.45, 7) is 2.10. The molecule has 1 aromatic rings. The van der Waals surface area contributed by atoms with E-state index in [-0.39, 0.29) is 17.0 Å². The first kappa shape index (κ1) is 11.6. The van der Waals surface area contributed by atoms with Crippen LogP contribution in [0.15, 0.2) is 12.1 Å². The number of aromatic nitrogens is 1. The van der Waals surface area contributed by atoms with Crippen LogP contribution in [0.25, 0.3) is 0 Å². The molecule has 1 saturated carbocycles. The van der Waals surface area contributed by atoms with Crippen molar-refractivity contribution < 1.29 is 4.92 Å². The Kier molecular flexibility index (Phi) is 2.87. The van der Waals surface area contributed by atoms with Crippen molar-refractivity contribution >= 4 is 17.3 Å². The van der Waals surface area contributed by atoms with Crippen LogP contribution in [0.3, 0.4) is 0 Å². The molecule has 6 nitrogen and oxygen atoms in total. The predicted molar refractivity (Wildman–Crippen MR) is 65.8 cm³/mol. The smallest absolute Gasteiger partial charge is 0.276 e. The number of hydrogen-bond donors (Lipinski definition) is 2. The average molecular weight is 236 g/mol. The Morgan fingerprint density at radius 3 is 2.76 bits per heavy atom. The van der Waals surface area contributed by atoms with E-state index >= 15 is 0 Å². The molecule has 1 aliphatic carbocycles. The minimum absolute atomic E-state index is 0.0226. The summed E-state index contributed by atoms with van der Waals surface area (Å²) in [5.74, 6) is 0.672. The van der Waals surface area contributed by atoms with Gasteiger partial charge in [0.15, 0.2) is 0 Å². The standard InChI is InChI=1S/C11H16N4O2/c1-2-11(4-3-5-11)14-10-7-8(15(16)17)6-9(12)13-10/h6-7H,2-5H2,1H3,(H3,12,13,14). The fourth-order valence-corrected chi connectivity index (χ4v) is 2.15. The van der Waals surface area contributed by atoms with Crippen LogP contribution in [0.5, 0.6) is 0 Å². The maximum Gasteiger partial charge on any atom is 0.276 e. The second-order valence-corrected chi connectivity index (χ2v) is 4.50. The fourth-order valence-electron chi connectivity index (χ4n) is 2.15. The average Bonchev–Trinajstić information content (AvgIpc) is 2.22. The first-order chi connectivity index (χ1) is 8.04. The molecular formula is C11H16N4O2. The van der Waals surface area contributed by atoms with Gasteiger partial charge in [0.05, 0.1) is 17.1 Å². The zero-order chi connectivity index (χ0) is 12.5. The van der Waals surface area contributed by atoms with Crippen LogP contribution in [0, 0.1) is 10.1 Å². The molecule has 0 bridgehead atoms. The molecule has 6 heteroatoms. The molecule has 1 aromatic heterocycles. The summed E-state index contributed by atoms with van der Waals surface area (Å²) >= 11 is 0. The highest BCUT2D eigenvalue weighted by Gasteiger charge is 2.35. The second-order valence-electron chi connectivity index (χ2n) is 4.50. The molecule has 92 valence electrons. The Bertz CT molecular complexity index is 438. The maximum absolute atomic E-state index is 10.7. The number of nitrogen functional groups attached to an aromatic ring is 1. The lowest BCUT2D eigenvalue weighted by Gasteiger charge is -2.42. The summed E-state index contributed by atoms with van der Waals surface area (Å²) in [6.07, 6.45) is 4.32. The molecule has 0 radical (unpaired) electrons. The van der Waals surface area contributed by atoms with Gasteiger partial charge >= 0.3 is 0 Å². The highest BCUT2D eigenvalue weighted by Crippen LogP contribution is 2.38. The molecule has 0 amide bonds. The topological polar surface area (TPSA) is 94.1 Å². The van der Waals surface area contributed by atoms with Gasteiger partial charge in [0, 0.05) is 5.54 Å². The van der Waals surface area contributed by atoms with Gasteiger partial charge in [0.2, 0.25) is 0 Å². The van der Waals surface area contributed by atoms with E-state index < -0.39 is 4.92 Å². The third-order valence-corrected chi connectivity index (χ3v) is 3.42. The lowest BCUT2D eigenvalue weighted by atomic mass is 9.75. The molecule has 0 unspecified atom stereocenters. The number of nitro groups is 1. The van der Waals surface area contributed by atoms with Crippen LogP contribution in [0.2, 0.25) is 0 Å². The maximum atomic E-state index is 10.7. The Balaban J connectivity index is 2.23. The van der Waals surface area contributed by atoms with E-state index in [9.17, 15) is 10.1 Å². The third kappa shape index (κ3) is 2.30. The first-order valence-corrected chi connectivity index (χ1v) is 5.75. The first-order valence-electron chi connectivity index (χ1n) is 5.75. The molecule has 0 aromatic carbocycles. The molecule has 2 rings (SSSR count). The number of rotatable bonds is 4. The monoisotopic (exact) mass is 236 g/mol. The van der Waals surface area contributed by atoms with Gasteiger partial charge in [-0.25, -0.2) is 4.98 Å². The van der Waals surface area contributed by atoms with Crippen LogP contribution in [-0.4, -0.2) is 15.4 Å². The minimum atomic E-state index is -0.456. The number of nitrogens with two attached hydrogens (primary N) is 1. The van der Waals surface area contributed by atoms with Crippen molar-refractivity contribution in [1.29, 1.82) is 0 Å². The van der Waals surface area contributed by atoms with Gasteiger partial charge in [-0.3, -0.25) is 10.1 Å². The van der Waals surface area contributed by atoms with E-state index in [0.717, 1.165) is 19.3 Å². The molecule has 1 fully saturated rings. The summed E-state index contributed by atoms with van der Waals surface area (Å²) in [4.78, 5) is 14.4. The van der Waals surface area contributed by atoms with Crippen LogP contribution in [0.4, 0.5) is 17.3 Å². The van der Waals surface area contributed by atoms with E-state index in [1.807, 2.05) is 0 Å². The van der Waals surface area contributed by atoms with Crippen LogP contribution < -0.4 is 11.1 Å². The van der Waals surface area contributed by atoms with Gasteiger partial charge in [-0.05, 0) is 25.7 Å². The third-order valence-electron chi connectivity index (χ3n) is 3.42. The number of anilines is 2. The molecule has 17 heavy (non-hydrogen) atoms. The molecule has 0 spiro atoms. The molecule has 1 aliphatic rings. The number of pyridine rings is 1. The van der Waals surface area contributed by atoms with Gasteiger partial charge in [-0.15, -0.1) is 0 Å². The van der Waals surface area contributed by atoms with Gasteiger partial charge < -0.3 is 11.1 Å². The summed E-state index contributed by atoms with van der Waals surface area (Å²) < 4.78 is 0. The van der Waals surface area contributed by atoms with E-state index in [0.29, 0.717) is 5.82 Å². The van der Waals surface area contributed by atoms with Gasteiger partial charge in [0.1, 0.15) is 11.6 Å².